The summed E-state index contributed by atoms with van der Waals surface area (Å²) in [5, 5.41) is 11.9. The molecule has 1 unspecified atom stereocenters. The first-order valence-electron chi connectivity index (χ1n) is 4.68. The number of halogens is 1. The molecule has 0 radical (unpaired) electrons. The molecule has 0 spiro atoms. The van der Waals surface area contributed by atoms with Crippen LogP contribution in [0.25, 0.3) is 0 Å². The second-order valence-corrected chi connectivity index (χ2v) is 3.63. The molecular weight excluding hydrogens is 216 g/mol. The summed E-state index contributed by atoms with van der Waals surface area (Å²) in [5.41, 5.74) is 0.285. The van der Waals surface area contributed by atoms with Crippen molar-refractivity contribution in [3.8, 4) is 0 Å². The largest absolute Gasteiger partial charge is 0.393 e. The highest BCUT2D eigenvalue weighted by Gasteiger charge is 2.06. The molecule has 4 nitrogen and oxygen atoms in total. The molecule has 2 N–H and O–H groups in total. The van der Waals surface area contributed by atoms with Crippen molar-refractivity contribution < 1.29 is 9.90 Å². The quantitative estimate of drug-likeness (QED) is 0.763. The summed E-state index contributed by atoms with van der Waals surface area (Å²) in [4.78, 5) is 15.3. The lowest BCUT2D eigenvalue weighted by Gasteiger charge is -2.06. The van der Waals surface area contributed by atoms with Crippen molar-refractivity contribution in [2.75, 3.05) is 6.54 Å². The van der Waals surface area contributed by atoms with E-state index in [1.807, 2.05) is 0 Å². The molecule has 0 aliphatic rings. The van der Waals surface area contributed by atoms with Gasteiger partial charge in [-0.1, -0.05) is 17.7 Å². The molecule has 1 rings (SSSR count). The van der Waals surface area contributed by atoms with E-state index in [-0.39, 0.29) is 16.8 Å². The minimum absolute atomic E-state index is 0.279. The number of nitrogens with zero attached hydrogens (tertiary/aromatic N) is 1. The fraction of sp³-hybridized carbons (Fsp3) is 0.400. The summed E-state index contributed by atoms with van der Waals surface area (Å²) < 4.78 is 0. The number of carbonyl (C=O) groups excluding carboxylic acids is 1. The van der Waals surface area contributed by atoms with Crippen LogP contribution in [-0.4, -0.2) is 28.6 Å². The third-order valence-corrected chi connectivity index (χ3v) is 2.01. The van der Waals surface area contributed by atoms with Gasteiger partial charge >= 0.3 is 0 Å². The van der Waals surface area contributed by atoms with Crippen LogP contribution in [0.15, 0.2) is 18.2 Å². The molecule has 82 valence electrons. The molecule has 1 aromatic rings. The number of pyridine rings is 1. The fourth-order valence-electron chi connectivity index (χ4n) is 1.02. The molecule has 0 fully saturated rings. The minimum Gasteiger partial charge on any atom is -0.393 e. The summed E-state index contributed by atoms with van der Waals surface area (Å²) in [7, 11) is 0. The second-order valence-electron chi connectivity index (χ2n) is 3.24. The van der Waals surface area contributed by atoms with Crippen LogP contribution in [0.1, 0.15) is 23.8 Å². The van der Waals surface area contributed by atoms with E-state index >= 15 is 0 Å². The van der Waals surface area contributed by atoms with E-state index in [0.29, 0.717) is 13.0 Å². The Hall–Kier alpha value is -1.13. The maximum absolute atomic E-state index is 11.5. The standard InChI is InChI=1S/C10H13ClN2O2/c1-7(14)5-6-12-10(15)8-3-2-4-9(11)13-8/h2-4,7,14H,5-6H2,1H3,(H,12,15). The van der Waals surface area contributed by atoms with Crippen LogP contribution in [0.3, 0.4) is 0 Å². The molecule has 1 aromatic heterocycles. The molecule has 0 aromatic carbocycles. The van der Waals surface area contributed by atoms with Crippen molar-refractivity contribution in [1.29, 1.82) is 0 Å². The third-order valence-electron chi connectivity index (χ3n) is 1.80. The summed E-state index contributed by atoms with van der Waals surface area (Å²) in [6.45, 7) is 2.09. The van der Waals surface area contributed by atoms with Crippen molar-refractivity contribution in [3.05, 3.63) is 29.0 Å². The predicted octanol–water partition coefficient (Wildman–Crippen LogP) is 1.24. The lowest BCUT2D eigenvalue weighted by Crippen LogP contribution is -2.27. The van der Waals surface area contributed by atoms with Gasteiger partial charge in [-0.3, -0.25) is 4.79 Å². The van der Waals surface area contributed by atoms with Crippen molar-refractivity contribution >= 4 is 17.5 Å². The molecule has 1 atom stereocenters. The number of amides is 1. The zero-order chi connectivity index (χ0) is 11.3. The number of hydrogen-bond acceptors (Lipinski definition) is 3. The van der Waals surface area contributed by atoms with Gasteiger partial charge in [0.05, 0.1) is 6.10 Å². The highest BCUT2D eigenvalue weighted by atomic mass is 35.5. The number of aliphatic hydroxyl groups excluding tert-OH is 1. The Morgan fingerprint density at radius 2 is 2.40 bits per heavy atom. The van der Waals surface area contributed by atoms with E-state index in [1.165, 1.54) is 0 Å². The molecule has 0 aliphatic heterocycles. The van der Waals surface area contributed by atoms with Crippen LogP contribution in [0, 0.1) is 0 Å². The molecule has 5 heteroatoms. The van der Waals surface area contributed by atoms with E-state index in [1.54, 1.807) is 25.1 Å². The molecule has 1 amide bonds. The van der Waals surface area contributed by atoms with Crippen LogP contribution in [-0.2, 0) is 0 Å². The molecule has 0 saturated carbocycles. The highest BCUT2D eigenvalue weighted by molar-refractivity contribution is 6.29. The first-order valence-corrected chi connectivity index (χ1v) is 5.06. The number of aromatic nitrogens is 1. The van der Waals surface area contributed by atoms with Crippen molar-refractivity contribution in [2.24, 2.45) is 0 Å². The zero-order valence-electron chi connectivity index (χ0n) is 8.40. The average Bonchev–Trinajstić information content (AvgIpc) is 2.17. The molecular formula is C10H13ClN2O2. The summed E-state index contributed by atoms with van der Waals surface area (Å²) in [5.74, 6) is -0.279. The van der Waals surface area contributed by atoms with Gasteiger partial charge in [-0.05, 0) is 25.5 Å². The Morgan fingerprint density at radius 3 is 3.00 bits per heavy atom. The summed E-state index contributed by atoms with van der Waals surface area (Å²) in [6.07, 6.45) is 0.101. The number of carbonyl (C=O) groups is 1. The van der Waals surface area contributed by atoms with Crippen molar-refractivity contribution in [3.63, 3.8) is 0 Å². The number of nitrogens with one attached hydrogen (secondary N) is 1. The van der Waals surface area contributed by atoms with Gasteiger partial charge in [0.15, 0.2) is 0 Å². The maximum Gasteiger partial charge on any atom is 0.269 e. The highest BCUT2D eigenvalue weighted by Crippen LogP contribution is 2.04. The minimum atomic E-state index is -0.419. The molecule has 0 bridgehead atoms. The molecule has 0 aliphatic carbocycles. The molecule has 15 heavy (non-hydrogen) atoms. The number of hydrogen-bond donors (Lipinski definition) is 2. The number of aliphatic hydroxyl groups is 1. The molecule has 1 heterocycles. The fourth-order valence-corrected chi connectivity index (χ4v) is 1.18. The van der Waals surface area contributed by atoms with E-state index in [4.69, 9.17) is 16.7 Å². The first-order chi connectivity index (χ1) is 7.09. The Morgan fingerprint density at radius 1 is 1.67 bits per heavy atom. The normalized spacial score (nSPS) is 12.2. The Kier molecular flexibility index (Phi) is 4.52. The van der Waals surface area contributed by atoms with E-state index < -0.39 is 6.10 Å². The Bertz CT molecular complexity index is 342. The summed E-state index contributed by atoms with van der Waals surface area (Å²) in [6, 6.07) is 4.86. The maximum atomic E-state index is 11.5. The molecule has 0 saturated heterocycles. The van der Waals surface area contributed by atoms with Crippen molar-refractivity contribution in [1.82, 2.24) is 10.3 Å². The van der Waals surface area contributed by atoms with Gasteiger partial charge in [-0.25, -0.2) is 4.98 Å². The van der Waals surface area contributed by atoms with Gasteiger partial charge in [-0.15, -0.1) is 0 Å². The summed E-state index contributed by atoms with van der Waals surface area (Å²) >= 11 is 5.64. The first kappa shape index (κ1) is 11.9. The van der Waals surface area contributed by atoms with Gasteiger partial charge in [0.25, 0.3) is 5.91 Å². The SMILES string of the molecule is CC(O)CCNC(=O)c1cccc(Cl)n1. The van der Waals surface area contributed by atoms with Crippen LogP contribution >= 0.6 is 11.6 Å². The van der Waals surface area contributed by atoms with Crippen molar-refractivity contribution in [2.45, 2.75) is 19.4 Å². The van der Waals surface area contributed by atoms with E-state index in [2.05, 4.69) is 10.3 Å². The van der Waals surface area contributed by atoms with E-state index in [0.717, 1.165) is 0 Å². The smallest absolute Gasteiger partial charge is 0.269 e. The van der Waals surface area contributed by atoms with Gasteiger partial charge < -0.3 is 10.4 Å². The van der Waals surface area contributed by atoms with Gasteiger partial charge in [-0.2, -0.15) is 0 Å². The average molecular weight is 229 g/mol. The topological polar surface area (TPSA) is 62.2 Å². The van der Waals surface area contributed by atoms with Gasteiger partial charge in [0.1, 0.15) is 10.8 Å². The third kappa shape index (κ3) is 4.27. The van der Waals surface area contributed by atoms with Crippen LogP contribution < -0.4 is 5.32 Å². The second kappa shape index (κ2) is 5.68. The predicted molar refractivity (Wildman–Crippen MR) is 57.9 cm³/mol. The van der Waals surface area contributed by atoms with E-state index in [9.17, 15) is 4.79 Å². The monoisotopic (exact) mass is 228 g/mol. The lowest BCUT2D eigenvalue weighted by molar-refractivity contribution is 0.0940. The Labute approximate surface area is 93.3 Å². The zero-order valence-corrected chi connectivity index (χ0v) is 9.16. The van der Waals surface area contributed by atoms with Crippen LogP contribution in [0.5, 0.6) is 0 Å². The lowest BCUT2D eigenvalue weighted by atomic mass is 10.3. The Balaban J connectivity index is 2.47. The van der Waals surface area contributed by atoms with Crippen LogP contribution in [0.4, 0.5) is 0 Å². The van der Waals surface area contributed by atoms with Gasteiger partial charge in [0.2, 0.25) is 0 Å². The van der Waals surface area contributed by atoms with Gasteiger partial charge in [0, 0.05) is 6.54 Å². The van der Waals surface area contributed by atoms with Crippen LogP contribution in [0.2, 0.25) is 5.15 Å². The number of rotatable bonds is 4.